The van der Waals surface area contributed by atoms with E-state index in [2.05, 4.69) is 5.48 Å². The maximum absolute atomic E-state index is 13.1. The van der Waals surface area contributed by atoms with Crippen LogP contribution >= 0.6 is 0 Å². The Morgan fingerprint density at radius 2 is 1.90 bits per heavy atom. The molecular weight excluding hydrogens is 274 g/mol. The lowest BCUT2D eigenvalue weighted by Gasteiger charge is -2.11. The van der Waals surface area contributed by atoms with E-state index < -0.39 is 33.7 Å². The van der Waals surface area contributed by atoms with E-state index >= 15 is 0 Å². The summed E-state index contributed by atoms with van der Waals surface area (Å²) in [5, 5.41) is 10.7. The average Bonchev–Trinajstić information content (AvgIpc) is 2.91. The number of halogens is 2. The molecule has 2 rings (SSSR count). The van der Waals surface area contributed by atoms with Gasteiger partial charge in [-0.3, -0.25) is 19.7 Å². The van der Waals surface area contributed by atoms with E-state index in [0.29, 0.717) is 12.1 Å². The van der Waals surface area contributed by atoms with Gasteiger partial charge in [-0.2, -0.15) is 0 Å². The number of amides is 1. The van der Waals surface area contributed by atoms with E-state index in [1.807, 2.05) is 0 Å². The quantitative estimate of drug-likeness (QED) is 0.681. The molecule has 20 heavy (non-hydrogen) atoms. The van der Waals surface area contributed by atoms with Gasteiger partial charge >= 0.3 is 0 Å². The fourth-order valence-electron chi connectivity index (χ4n) is 2.07. The summed E-state index contributed by atoms with van der Waals surface area (Å²) in [5.41, 5.74) is 0.665. The molecule has 1 N–H and O–H groups in total. The van der Waals surface area contributed by atoms with Crippen LogP contribution in [0.1, 0.15) is 36.0 Å². The fourth-order valence-corrected chi connectivity index (χ4v) is 2.07. The summed E-state index contributed by atoms with van der Waals surface area (Å²) in [4.78, 5) is 26.6. The summed E-state index contributed by atoms with van der Waals surface area (Å²) in [7, 11) is 0. The number of nitrogens with one attached hydrogen (secondary N) is 1. The number of carbonyl (C=O) groups excluding carboxylic acids is 1. The maximum atomic E-state index is 13.1. The molecule has 1 aliphatic carbocycles. The molecule has 0 radical (unpaired) electrons. The number of hydrogen-bond donors (Lipinski definition) is 1. The fraction of sp³-hybridized carbons (Fsp3) is 0.417. The summed E-state index contributed by atoms with van der Waals surface area (Å²) in [6, 6.07) is 0.862. The summed E-state index contributed by atoms with van der Waals surface area (Å²) in [6.07, 6.45) is 3.36. The van der Waals surface area contributed by atoms with Crippen LogP contribution in [0.3, 0.4) is 0 Å². The number of rotatable bonds is 4. The number of hydroxylamine groups is 1. The Morgan fingerprint density at radius 1 is 1.30 bits per heavy atom. The van der Waals surface area contributed by atoms with Gasteiger partial charge in [0, 0.05) is 0 Å². The Labute approximate surface area is 112 Å². The minimum Gasteiger partial charge on any atom is -0.270 e. The van der Waals surface area contributed by atoms with E-state index in [9.17, 15) is 23.7 Å². The Hall–Kier alpha value is -2.09. The van der Waals surface area contributed by atoms with Crippen molar-refractivity contribution in [2.75, 3.05) is 0 Å². The van der Waals surface area contributed by atoms with Crippen molar-refractivity contribution >= 4 is 11.6 Å². The minimum atomic E-state index is -1.38. The second-order valence-electron chi connectivity index (χ2n) is 4.50. The second-order valence-corrected chi connectivity index (χ2v) is 4.50. The lowest BCUT2D eigenvalue weighted by atomic mass is 10.1. The van der Waals surface area contributed by atoms with Gasteiger partial charge in [-0.25, -0.2) is 14.3 Å². The van der Waals surface area contributed by atoms with E-state index in [1.54, 1.807) is 0 Å². The molecule has 1 amide bonds. The molecule has 0 aromatic heterocycles. The van der Waals surface area contributed by atoms with Gasteiger partial charge in [0.05, 0.1) is 17.1 Å². The van der Waals surface area contributed by atoms with Crippen molar-refractivity contribution in [3.05, 3.63) is 39.4 Å². The molecule has 1 aromatic carbocycles. The highest BCUT2D eigenvalue weighted by Crippen LogP contribution is 2.23. The van der Waals surface area contributed by atoms with Crippen LogP contribution in [0.2, 0.25) is 0 Å². The van der Waals surface area contributed by atoms with Crippen molar-refractivity contribution in [1.29, 1.82) is 0 Å². The molecule has 0 atom stereocenters. The van der Waals surface area contributed by atoms with E-state index in [4.69, 9.17) is 4.84 Å². The lowest BCUT2D eigenvalue weighted by Crippen LogP contribution is -2.29. The first kappa shape index (κ1) is 14.3. The molecule has 0 saturated heterocycles. The normalized spacial score (nSPS) is 15.3. The monoisotopic (exact) mass is 286 g/mol. The van der Waals surface area contributed by atoms with Crippen LogP contribution < -0.4 is 5.48 Å². The van der Waals surface area contributed by atoms with Crippen LogP contribution in [0.4, 0.5) is 14.5 Å². The molecule has 0 spiro atoms. The van der Waals surface area contributed by atoms with Crippen LogP contribution in [0.5, 0.6) is 0 Å². The van der Waals surface area contributed by atoms with Crippen LogP contribution in [0.15, 0.2) is 12.1 Å². The van der Waals surface area contributed by atoms with Gasteiger partial charge in [0.1, 0.15) is 5.56 Å². The maximum Gasteiger partial charge on any atom is 0.285 e. The van der Waals surface area contributed by atoms with Gasteiger partial charge in [-0.15, -0.1) is 0 Å². The van der Waals surface area contributed by atoms with Crippen molar-refractivity contribution < 1.29 is 23.3 Å². The number of nitro benzene ring substituents is 1. The first-order chi connectivity index (χ1) is 9.49. The van der Waals surface area contributed by atoms with Gasteiger partial charge in [0.15, 0.2) is 11.6 Å². The Morgan fingerprint density at radius 3 is 2.50 bits per heavy atom. The van der Waals surface area contributed by atoms with Crippen molar-refractivity contribution in [2.24, 2.45) is 0 Å². The summed E-state index contributed by atoms with van der Waals surface area (Å²) in [5.74, 6) is -3.69. The Balaban J connectivity index is 2.15. The van der Waals surface area contributed by atoms with Crippen molar-refractivity contribution in [3.8, 4) is 0 Å². The summed E-state index contributed by atoms with van der Waals surface area (Å²) in [6.45, 7) is 0. The number of nitrogens with zero attached hydrogens (tertiary/aromatic N) is 1. The predicted molar refractivity (Wildman–Crippen MR) is 63.8 cm³/mol. The smallest absolute Gasteiger partial charge is 0.270 e. The van der Waals surface area contributed by atoms with E-state index in [1.165, 1.54) is 0 Å². The Kier molecular flexibility index (Phi) is 4.23. The number of hydrogen-bond acceptors (Lipinski definition) is 4. The zero-order valence-electron chi connectivity index (χ0n) is 10.4. The highest BCUT2D eigenvalue weighted by atomic mass is 19.2. The molecule has 1 saturated carbocycles. The third kappa shape index (κ3) is 3.08. The van der Waals surface area contributed by atoms with Gasteiger partial charge in [-0.1, -0.05) is 12.8 Å². The lowest BCUT2D eigenvalue weighted by molar-refractivity contribution is -0.385. The zero-order chi connectivity index (χ0) is 14.7. The van der Waals surface area contributed by atoms with Crippen molar-refractivity contribution in [1.82, 2.24) is 5.48 Å². The molecule has 0 heterocycles. The highest BCUT2D eigenvalue weighted by Gasteiger charge is 2.25. The topological polar surface area (TPSA) is 81.5 Å². The molecule has 1 fully saturated rings. The first-order valence-corrected chi connectivity index (χ1v) is 6.08. The molecule has 8 heteroatoms. The van der Waals surface area contributed by atoms with Crippen molar-refractivity contribution in [2.45, 2.75) is 31.8 Å². The van der Waals surface area contributed by atoms with E-state index in [0.717, 1.165) is 25.7 Å². The van der Waals surface area contributed by atoms with Crippen LogP contribution in [0.25, 0.3) is 0 Å². The third-order valence-corrected chi connectivity index (χ3v) is 3.10. The molecule has 0 unspecified atom stereocenters. The number of nitro groups is 1. The van der Waals surface area contributed by atoms with Gasteiger partial charge in [0.25, 0.3) is 11.6 Å². The first-order valence-electron chi connectivity index (χ1n) is 6.08. The molecule has 108 valence electrons. The molecular formula is C12H12F2N2O4. The van der Waals surface area contributed by atoms with Gasteiger partial charge < -0.3 is 0 Å². The molecule has 1 aromatic rings. The van der Waals surface area contributed by atoms with Crippen LogP contribution in [0, 0.1) is 21.7 Å². The van der Waals surface area contributed by atoms with Gasteiger partial charge in [-0.05, 0) is 18.9 Å². The number of carbonyl (C=O) groups is 1. The average molecular weight is 286 g/mol. The third-order valence-electron chi connectivity index (χ3n) is 3.10. The van der Waals surface area contributed by atoms with Crippen LogP contribution in [-0.2, 0) is 4.84 Å². The van der Waals surface area contributed by atoms with Gasteiger partial charge in [0.2, 0.25) is 0 Å². The summed E-state index contributed by atoms with van der Waals surface area (Å²) >= 11 is 0. The van der Waals surface area contributed by atoms with Crippen molar-refractivity contribution in [3.63, 3.8) is 0 Å². The standard InChI is InChI=1S/C12H12F2N2O4/c13-9-5-8(11(16(18)19)6-10(9)14)12(17)15-20-7-3-1-2-4-7/h5-7H,1-4H2,(H,15,17). The largest absolute Gasteiger partial charge is 0.285 e. The molecule has 0 aliphatic heterocycles. The molecule has 0 bridgehead atoms. The Bertz CT molecular complexity index is 545. The predicted octanol–water partition coefficient (Wildman–Crippen LogP) is 2.48. The van der Waals surface area contributed by atoms with E-state index in [-0.39, 0.29) is 6.10 Å². The SMILES string of the molecule is O=C(NOC1CCCC1)c1cc(F)c(F)cc1[N+](=O)[O-]. The number of benzene rings is 1. The zero-order valence-corrected chi connectivity index (χ0v) is 10.4. The molecule has 6 nitrogen and oxygen atoms in total. The summed E-state index contributed by atoms with van der Waals surface area (Å²) < 4.78 is 26.1. The highest BCUT2D eigenvalue weighted by molar-refractivity contribution is 5.97. The van der Waals surface area contributed by atoms with Crippen LogP contribution in [-0.4, -0.2) is 16.9 Å². The second kappa shape index (κ2) is 5.91. The molecule has 1 aliphatic rings. The minimum absolute atomic E-state index is 0.150.